The van der Waals surface area contributed by atoms with Gasteiger partial charge in [0.05, 0.1) is 26.8 Å². The predicted octanol–water partition coefficient (Wildman–Crippen LogP) is -0.598. The summed E-state index contributed by atoms with van der Waals surface area (Å²) in [4.78, 5) is 1.99. The summed E-state index contributed by atoms with van der Waals surface area (Å²) in [6.45, 7) is 8.90. The Bertz CT molecular complexity index is 271. The molecule has 0 bridgehead atoms. The quantitative estimate of drug-likeness (QED) is 0.516. The minimum absolute atomic E-state index is 0.202. The zero-order chi connectivity index (χ0) is 14.1. The van der Waals surface area contributed by atoms with Crippen molar-refractivity contribution < 1.29 is 20.4 Å². The molecule has 1 heterocycles. The van der Waals surface area contributed by atoms with E-state index in [0.29, 0.717) is 6.54 Å². The molecule has 6 heteroatoms. The fourth-order valence-electron chi connectivity index (χ4n) is 3.03. The largest absolute Gasteiger partial charge is 0.395 e. The molecule has 0 saturated carbocycles. The van der Waals surface area contributed by atoms with Crippen molar-refractivity contribution in [2.45, 2.75) is 63.0 Å². The first-order chi connectivity index (χ1) is 8.23. The summed E-state index contributed by atoms with van der Waals surface area (Å²) in [7, 11) is -1.50. The van der Waals surface area contributed by atoms with Gasteiger partial charge in [0.2, 0.25) is 0 Å². The molecule has 1 rings (SSSR count). The first-order valence-electron chi connectivity index (χ1n) is 6.64. The van der Waals surface area contributed by atoms with Gasteiger partial charge in [-0.25, -0.2) is 0 Å². The molecular weight excluding hydrogens is 250 g/mol. The second-order valence-electron chi connectivity index (χ2n) is 6.29. The lowest BCUT2D eigenvalue weighted by Gasteiger charge is -2.49. The van der Waals surface area contributed by atoms with Crippen LogP contribution < -0.4 is 0 Å². The van der Waals surface area contributed by atoms with Crippen molar-refractivity contribution in [3.63, 3.8) is 0 Å². The fraction of sp³-hybridized carbons (Fsp3) is 1.00. The third-order valence-corrected chi connectivity index (χ3v) is 6.68. The van der Waals surface area contributed by atoms with Crippen molar-refractivity contribution in [1.82, 2.24) is 4.90 Å². The number of rotatable bonds is 4. The molecule has 0 radical (unpaired) electrons. The summed E-state index contributed by atoms with van der Waals surface area (Å²) in [5.41, 5.74) is 0.270. The van der Waals surface area contributed by atoms with Gasteiger partial charge >= 0.3 is 0 Å². The summed E-state index contributed by atoms with van der Waals surface area (Å²) >= 11 is 0. The maximum absolute atomic E-state index is 9.99. The lowest BCUT2D eigenvalue weighted by atomic mass is 9.94. The van der Waals surface area contributed by atoms with E-state index in [4.69, 9.17) is 0 Å². The van der Waals surface area contributed by atoms with Crippen LogP contribution in [-0.2, 0) is 0 Å². The Kier molecular flexibility index (Phi) is 5.34. The van der Waals surface area contributed by atoms with Crippen LogP contribution in [0, 0.1) is 0 Å². The van der Waals surface area contributed by atoms with E-state index >= 15 is 0 Å². The van der Waals surface area contributed by atoms with Crippen LogP contribution in [0.1, 0.15) is 13.3 Å². The molecule has 0 aromatic carbocycles. The van der Waals surface area contributed by atoms with Gasteiger partial charge in [-0.2, -0.15) is 0 Å². The standard InChI is InChI=1S/C12H27NO4Si/c1-5-10(18(2,3)4)13-6-9(15)12(17)11(16)8(13)7-14/h8-12,14-17H,5-7H2,1-4H3/t8?,9-,10?,11+,12+/m0/s1. The smallest absolute Gasteiger partial charge is 0.109 e. The third-order valence-electron chi connectivity index (χ3n) is 3.94. The van der Waals surface area contributed by atoms with E-state index in [-0.39, 0.29) is 12.3 Å². The van der Waals surface area contributed by atoms with Crippen LogP contribution in [-0.4, -0.2) is 76.6 Å². The highest BCUT2D eigenvalue weighted by Crippen LogP contribution is 2.27. The minimum Gasteiger partial charge on any atom is -0.395 e. The highest BCUT2D eigenvalue weighted by Gasteiger charge is 2.45. The highest BCUT2D eigenvalue weighted by molar-refractivity contribution is 6.77. The Labute approximate surface area is 110 Å². The highest BCUT2D eigenvalue weighted by atomic mass is 28.3. The molecule has 1 fully saturated rings. The molecule has 5 nitrogen and oxygen atoms in total. The van der Waals surface area contributed by atoms with Crippen molar-refractivity contribution in [1.29, 1.82) is 0 Å². The van der Waals surface area contributed by atoms with Crippen LogP contribution in [0.5, 0.6) is 0 Å². The topological polar surface area (TPSA) is 84.2 Å². The number of nitrogens with zero attached hydrogens (tertiary/aromatic N) is 1. The third kappa shape index (κ3) is 3.12. The van der Waals surface area contributed by atoms with Crippen LogP contribution in [0.25, 0.3) is 0 Å². The van der Waals surface area contributed by atoms with Gasteiger partial charge in [0.15, 0.2) is 0 Å². The van der Waals surface area contributed by atoms with Crippen molar-refractivity contribution in [2.24, 2.45) is 0 Å². The van der Waals surface area contributed by atoms with E-state index in [2.05, 4.69) is 26.6 Å². The molecule has 5 atom stereocenters. The van der Waals surface area contributed by atoms with Crippen LogP contribution in [0.3, 0.4) is 0 Å². The number of piperidine rings is 1. The van der Waals surface area contributed by atoms with E-state index in [1.807, 2.05) is 4.90 Å². The Morgan fingerprint density at radius 3 is 2.11 bits per heavy atom. The molecule has 4 N–H and O–H groups in total. The van der Waals surface area contributed by atoms with E-state index in [1.54, 1.807) is 0 Å². The average molecular weight is 277 g/mol. The van der Waals surface area contributed by atoms with Crippen molar-refractivity contribution in [3.8, 4) is 0 Å². The number of hydrogen-bond donors (Lipinski definition) is 4. The molecule has 0 spiro atoms. The minimum atomic E-state index is -1.50. The molecule has 0 amide bonds. The van der Waals surface area contributed by atoms with Crippen LogP contribution in [0.2, 0.25) is 19.6 Å². The van der Waals surface area contributed by atoms with Crippen molar-refractivity contribution >= 4 is 8.07 Å². The van der Waals surface area contributed by atoms with E-state index in [9.17, 15) is 20.4 Å². The molecule has 1 aliphatic rings. The Hall–Kier alpha value is 0.0169. The molecule has 18 heavy (non-hydrogen) atoms. The molecule has 1 aliphatic heterocycles. The summed E-state index contributed by atoms with van der Waals surface area (Å²) in [6, 6.07) is -0.486. The lowest BCUT2D eigenvalue weighted by Crippen LogP contribution is -2.68. The average Bonchev–Trinajstić information content (AvgIpc) is 2.25. The summed E-state index contributed by atoms with van der Waals surface area (Å²) in [6.07, 6.45) is -2.29. The number of hydrogen-bond acceptors (Lipinski definition) is 5. The van der Waals surface area contributed by atoms with Crippen LogP contribution >= 0.6 is 0 Å². The summed E-state index contributed by atoms with van der Waals surface area (Å²) in [5.74, 6) is 0. The molecule has 0 aromatic rings. The van der Waals surface area contributed by atoms with Gasteiger partial charge in [0.1, 0.15) is 12.2 Å². The van der Waals surface area contributed by atoms with Gasteiger partial charge in [-0.05, 0) is 6.42 Å². The maximum Gasteiger partial charge on any atom is 0.109 e. The predicted molar refractivity (Wildman–Crippen MR) is 73.0 cm³/mol. The summed E-state index contributed by atoms with van der Waals surface area (Å²) in [5, 5.41) is 39.0. The van der Waals surface area contributed by atoms with E-state index < -0.39 is 32.4 Å². The maximum atomic E-state index is 9.99. The van der Waals surface area contributed by atoms with Gasteiger partial charge in [-0.3, -0.25) is 4.90 Å². The van der Waals surface area contributed by atoms with Gasteiger partial charge in [0.25, 0.3) is 0 Å². The van der Waals surface area contributed by atoms with Gasteiger partial charge in [0, 0.05) is 12.2 Å². The van der Waals surface area contributed by atoms with Crippen LogP contribution in [0.15, 0.2) is 0 Å². The van der Waals surface area contributed by atoms with E-state index in [1.165, 1.54) is 0 Å². The second-order valence-corrected chi connectivity index (χ2v) is 11.7. The molecule has 1 saturated heterocycles. The lowest BCUT2D eigenvalue weighted by molar-refractivity contribution is -0.149. The fourth-order valence-corrected chi connectivity index (χ4v) is 5.54. The molecular formula is C12H27NO4Si. The number of likely N-dealkylation sites (tertiary alicyclic amines) is 1. The Balaban J connectivity index is 2.97. The van der Waals surface area contributed by atoms with Crippen molar-refractivity contribution in [3.05, 3.63) is 0 Å². The monoisotopic (exact) mass is 277 g/mol. The molecule has 108 valence electrons. The van der Waals surface area contributed by atoms with Crippen molar-refractivity contribution in [2.75, 3.05) is 13.2 Å². The first kappa shape index (κ1) is 16.1. The van der Waals surface area contributed by atoms with Gasteiger partial charge < -0.3 is 20.4 Å². The molecule has 2 unspecified atom stereocenters. The SMILES string of the molecule is CCC(N1C[C@H](O)[C@@H](O)[C@H](O)C1CO)[Si](C)(C)C. The van der Waals surface area contributed by atoms with E-state index in [0.717, 1.165) is 6.42 Å². The second kappa shape index (κ2) is 5.98. The Morgan fingerprint density at radius 2 is 1.72 bits per heavy atom. The normalized spacial score (nSPS) is 36.7. The van der Waals surface area contributed by atoms with Gasteiger partial charge in [-0.15, -0.1) is 0 Å². The number of β-amino-alcohol motifs (C(OH)–C–C–N with tert-alkyl or cyclic N) is 1. The number of aliphatic hydroxyl groups excluding tert-OH is 4. The zero-order valence-corrected chi connectivity index (χ0v) is 12.7. The van der Waals surface area contributed by atoms with Gasteiger partial charge in [-0.1, -0.05) is 26.6 Å². The Morgan fingerprint density at radius 1 is 1.17 bits per heavy atom. The molecule has 0 aliphatic carbocycles. The number of aliphatic hydroxyl groups is 4. The first-order valence-corrected chi connectivity index (χ1v) is 10.2. The van der Waals surface area contributed by atoms with Crippen LogP contribution in [0.4, 0.5) is 0 Å². The molecule has 0 aromatic heterocycles. The zero-order valence-electron chi connectivity index (χ0n) is 11.7. The summed E-state index contributed by atoms with van der Waals surface area (Å²) < 4.78 is 0.